The molecular formula is C27H25N5O2. The molecule has 34 heavy (non-hydrogen) atoms. The van der Waals surface area contributed by atoms with Crippen molar-refractivity contribution in [1.82, 2.24) is 24.8 Å². The lowest BCUT2D eigenvalue weighted by Gasteiger charge is -2.34. The number of piperazine rings is 1. The largest absolute Gasteiger partial charge is 0.335 e. The molecule has 5 rings (SSSR count). The molecule has 3 heterocycles. The fourth-order valence-electron chi connectivity index (χ4n) is 4.45. The third-order valence-corrected chi connectivity index (χ3v) is 6.24. The molecule has 2 aromatic carbocycles. The lowest BCUT2D eigenvalue weighted by Crippen LogP contribution is -2.50. The first-order chi connectivity index (χ1) is 16.5. The summed E-state index contributed by atoms with van der Waals surface area (Å²) < 4.78 is 0. The molecule has 1 aliphatic heterocycles. The Bertz CT molecular complexity index is 1380. The van der Waals surface area contributed by atoms with Crippen LogP contribution in [0, 0.1) is 13.8 Å². The minimum Gasteiger partial charge on any atom is -0.335 e. The smallest absolute Gasteiger partial charge is 0.274 e. The fourth-order valence-corrected chi connectivity index (χ4v) is 4.45. The molecule has 7 heteroatoms. The van der Waals surface area contributed by atoms with E-state index in [0.29, 0.717) is 37.4 Å². The Hall–Kier alpha value is -4.13. The van der Waals surface area contributed by atoms with Crippen LogP contribution in [0.1, 0.15) is 32.0 Å². The number of fused-ring (bicyclic) bond motifs is 1. The predicted octanol–water partition coefficient (Wildman–Crippen LogP) is 3.91. The highest BCUT2D eigenvalue weighted by atomic mass is 16.2. The van der Waals surface area contributed by atoms with Gasteiger partial charge in [-0.3, -0.25) is 14.6 Å². The molecule has 0 spiro atoms. The molecule has 4 aromatic rings. The van der Waals surface area contributed by atoms with E-state index in [4.69, 9.17) is 4.98 Å². The number of carbonyl (C=O) groups excluding carboxylic acids is 2. The van der Waals surface area contributed by atoms with Gasteiger partial charge in [-0.15, -0.1) is 0 Å². The second-order valence-corrected chi connectivity index (χ2v) is 8.57. The zero-order valence-corrected chi connectivity index (χ0v) is 19.2. The summed E-state index contributed by atoms with van der Waals surface area (Å²) in [5.74, 6) is -0.206. The van der Waals surface area contributed by atoms with Crippen molar-refractivity contribution >= 4 is 22.7 Å². The number of nitrogens with zero attached hydrogens (tertiary/aromatic N) is 5. The minimum absolute atomic E-state index is 0.0452. The first-order valence-electron chi connectivity index (χ1n) is 11.3. The van der Waals surface area contributed by atoms with Crippen LogP contribution in [0.15, 0.2) is 67.1 Å². The van der Waals surface area contributed by atoms with Crippen molar-refractivity contribution in [1.29, 1.82) is 0 Å². The highest BCUT2D eigenvalue weighted by Gasteiger charge is 2.27. The second kappa shape index (κ2) is 9.02. The molecule has 0 radical (unpaired) electrons. The molecule has 1 aliphatic rings. The average molecular weight is 452 g/mol. The van der Waals surface area contributed by atoms with Crippen LogP contribution in [-0.4, -0.2) is 62.7 Å². The van der Waals surface area contributed by atoms with Gasteiger partial charge in [0.15, 0.2) is 0 Å². The van der Waals surface area contributed by atoms with Crippen LogP contribution >= 0.6 is 0 Å². The molecule has 7 nitrogen and oxygen atoms in total. The van der Waals surface area contributed by atoms with Crippen LogP contribution < -0.4 is 0 Å². The summed E-state index contributed by atoms with van der Waals surface area (Å²) in [5, 5.41) is 0.832. The summed E-state index contributed by atoms with van der Waals surface area (Å²) >= 11 is 0. The molecule has 2 amide bonds. The number of hydrogen-bond acceptors (Lipinski definition) is 5. The maximum atomic E-state index is 13.7. The molecular weight excluding hydrogens is 426 g/mol. The number of aromatic nitrogens is 3. The zero-order chi connectivity index (χ0) is 23.7. The van der Waals surface area contributed by atoms with Crippen molar-refractivity contribution < 1.29 is 9.59 Å². The molecule has 1 saturated heterocycles. The summed E-state index contributed by atoms with van der Waals surface area (Å²) in [7, 11) is 0. The Labute approximate surface area is 198 Å². The molecule has 0 unspecified atom stereocenters. The zero-order valence-electron chi connectivity index (χ0n) is 19.2. The van der Waals surface area contributed by atoms with Crippen molar-refractivity contribution in [2.24, 2.45) is 0 Å². The van der Waals surface area contributed by atoms with E-state index in [2.05, 4.69) is 42.0 Å². The Balaban J connectivity index is 1.43. The van der Waals surface area contributed by atoms with Gasteiger partial charge in [-0.1, -0.05) is 42.0 Å². The van der Waals surface area contributed by atoms with Crippen LogP contribution in [0.25, 0.3) is 22.2 Å². The van der Waals surface area contributed by atoms with Crippen LogP contribution in [0.3, 0.4) is 0 Å². The van der Waals surface area contributed by atoms with Gasteiger partial charge in [0.25, 0.3) is 11.8 Å². The number of hydrogen-bond donors (Lipinski definition) is 0. The summed E-state index contributed by atoms with van der Waals surface area (Å²) in [5.41, 5.74) is 5.86. The van der Waals surface area contributed by atoms with Crippen LogP contribution in [0.4, 0.5) is 0 Å². The number of para-hydroxylation sites is 1. The van der Waals surface area contributed by atoms with E-state index in [-0.39, 0.29) is 11.8 Å². The number of pyridine rings is 1. The summed E-state index contributed by atoms with van der Waals surface area (Å²) in [4.78, 5) is 42.8. The van der Waals surface area contributed by atoms with Crippen molar-refractivity contribution in [3.8, 4) is 11.3 Å². The number of amides is 2. The maximum absolute atomic E-state index is 13.7. The third-order valence-electron chi connectivity index (χ3n) is 6.24. The standard InChI is InChI=1S/C27H25N5O2/c1-18-7-8-20(19(2)15-18)24-16-22(21-5-3-4-6-23(21)30-24)26(33)31-11-13-32(14-12-31)27(34)25-17-28-9-10-29-25/h3-10,15-17H,11-14H2,1-2H3. The van der Waals surface area contributed by atoms with Crippen LogP contribution in [0.5, 0.6) is 0 Å². The topological polar surface area (TPSA) is 79.3 Å². The minimum atomic E-state index is -0.160. The highest BCUT2D eigenvalue weighted by Crippen LogP contribution is 2.28. The van der Waals surface area contributed by atoms with Crippen molar-refractivity contribution in [3.05, 3.63) is 89.5 Å². The van der Waals surface area contributed by atoms with Gasteiger partial charge in [-0.05, 0) is 31.5 Å². The normalized spacial score (nSPS) is 13.8. The SMILES string of the molecule is Cc1ccc(-c2cc(C(=O)N3CCN(C(=O)c4cnccn4)CC3)c3ccccc3n2)c(C)c1. The number of benzene rings is 2. The van der Waals surface area contributed by atoms with Crippen molar-refractivity contribution in [2.75, 3.05) is 26.2 Å². The van der Waals surface area contributed by atoms with Crippen molar-refractivity contribution in [3.63, 3.8) is 0 Å². The monoisotopic (exact) mass is 451 g/mol. The lowest BCUT2D eigenvalue weighted by molar-refractivity contribution is 0.0533. The van der Waals surface area contributed by atoms with E-state index in [9.17, 15) is 9.59 Å². The van der Waals surface area contributed by atoms with E-state index < -0.39 is 0 Å². The van der Waals surface area contributed by atoms with Gasteiger partial charge >= 0.3 is 0 Å². The van der Waals surface area contributed by atoms with Gasteiger partial charge in [-0.25, -0.2) is 9.97 Å². The predicted molar refractivity (Wildman–Crippen MR) is 130 cm³/mol. The van der Waals surface area contributed by atoms with Crippen LogP contribution in [0.2, 0.25) is 0 Å². The second-order valence-electron chi connectivity index (χ2n) is 8.57. The molecule has 0 N–H and O–H groups in total. The van der Waals surface area contributed by atoms with Gasteiger partial charge < -0.3 is 9.80 Å². The first kappa shape index (κ1) is 21.7. The van der Waals surface area contributed by atoms with E-state index in [0.717, 1.165) is 27.7 Å². The Morgan fingerprint density at radius 1 is 0.853 bits per heavy atom. The van der Waals surface area contributed by atoms with E-state index in [1.54, 1.807) is 11.1 Å². The summed E-state index contributed by atoms with van der Waals surface area (Å²) in [6, 6.07) is 15.9. The van der Waals surface area contributed by atoms with Gasteiger partial charge in [0.05, 0.1) is 23.0 Å². The number of carbonyl (C=O) groups is 2. The fraction of sp³-hybridized carbons (Fsp3) is 0.222. The van der Waals surface area contributed by atoms with E-state index in [1.807, 2.05) is 35.2 Å². The Morgan fingerprint density at radius 3 is 2.29 bits per heavy atom. The average Bonchev–Trinajstić information content (AvgIpc) is 2.88. The van der Waals surface area contributed by atoms with Gasteiger partial charge in [-0.2, -0.15) is 0 Å². The van der Waals surface area contributed by atoms with Gasteiger partial charge in [0, 0.05) is 49.5 Å². The third kappa shape index (κ3) is 4.12. The molecule has 1 fully saturated rings. The molecule has 0 bridgehead atoms. The lowest BCUT2D eigenvalue weighted by atomic mass is 9.99. The Kier molecular flexibility index (Phi) is 5.76. The molecule has 170 valence electrons. The number of aryl methyl sites for hydroxylation is 2. The molecule has 2 aromatic heterocycles. The van der Waals surface area contributed by atoms with Crippen LogP contribution in [-0.2, 0) is 0 Å². The summed E-state index contributed by atoms with van der Waals surface area (Å²) in [6.45, 7) is 5.95. The van der Waals surface area contributed by atoms with E-state index in [1.165, 1.54) is 18.0 Å². The van der Waals surface area contributed by atoms with Gasteiger partial charge in [0.2, 0.25) is 0 Å². The molecule has 0 saturated carbocycles. The maximum Gasteiger partial charge on any atom is 0.274 e. The number of rotatable bonds is 3. The quantitative estimate of drug-likeness (QED) is 0.472. The summed E-state index contributed by atoms with van der Waals surface area (Å²) in [6.07, 6.45) is 4.52. The van der Waals surface area contributed by atoms with Gasteiger partial charge in [0.1, 0.15) is 5.69 Å². The highest BCUT2D eigenvalue weighted by molar-refractivity contribution is 6.07. The Morgan fingerprint density at radius 2 is 1.59 bits per heavy atom. The molecule has 0 atom stereocenters. The van der Waals surface area contributed by atoms with E-state index >= 15 is 0 Å². The molecule has 0 aliphatic carbocycles. The van der Waals surface area contributed by atoms with Crippen molar-refractivity contribution in [2.45, 2.75) is 13.8 Å². The first-order valence-corrected chi connectivity index (χ1v) is 11.3.